The second-order valence-corrected chi connectivity index (χ2v) is 19.6. The molecule has 0 saturated carbocycles. The Morgan fingerprint density at radius 1 is 1.17 bits per heavy atom. The molecule has 1 aliphatic heterocycles. The lowest BCUT2D eigenvalue weighted by atomic mass is 9.92. The summed E-state index contributed by atoms with van der Waals surface area (Å²) in [6.45, 7) is 15.0. The molecule has 1 aromatic heterocycles. The van der Waals surface area contributed by atoms with Gasteiger partial charge in [0.15, 0.2) is 12.1 Å². The van der Waals surface area contributed by atoms with Gasteiger partial charge in [-0.1, -0.05) is 65.3 Å². The second kappa shape index (κ2) is 17.0. The van der Waals surface area contributed by atoms with Gasteiger partial charge in [0, 0.05) is 40.6 Å². The van der Waals surface area contributed by atoms with Gasteiger partial charge in [0.05, 0.1) is 30.8 Å². The van der Waals surface area contributed by atoms with Crippen LogP contribution >= 0.6 is 0 Å². The molecule has 0 N–H and O–H groups in total. The lowest BCUT2D eigenvalue weighted by Gasteiger charge is -2.49. The van der Waals surface area contributed by atoms with Crippen molar-refractivity contribution in [1.82, 2.24) is 4.98 Å². The van der Waals surface area contributed by atoms with Crippen molar-refractivity contribution in [2.75, 3.05) is 21.3 Å². The fourth-order valence-corrected chi connectivity index (χ4v) is 12.2. The minimum absolute atomic E-state index is 0.156. The molecular formula is C32H50F3NO9SSi. The van der Waals surface area contributed by atoms with Crippen LogP contribution in [0.25, 0.3) is 0 Å². The highest BCUT2D eigenvalue weighted by atomic mass is 32.2. The fraction of sp³-hybridized carbons (Fsp3) is 0.719. The van der Waals surface area contributed by atoms with Gasteiger partial charge in [-0.05, 0) is 23.5 Å². The summed E-state index contributed by atoms with van der Waals surface area (Å²) in [6.07, 6.45) is 11.1. The summed E-state index contributed by atoms with van der Waals surface area (Å²) < 4.78 is 102. The Morgan fingerprint density at radius 3 is 2.28 bits per heavy atom. The molecule has 5 atom stereocenters. The first kappa shape index (κ1) is 41.0. The molecule has 2 heterocycles. The lowest BCUT2D eigenvalue weighted by Crippen LogP contribution is -2.57. The van der Waals surface area contributed by atoms with Gasteiger partial charge in [-0.25, -0.2) is 0 Å². The van der Waals surface area contributed by atoms with Gasteiger partial charge in [-0.15, -0.1) is 12.3 Å². The number of oxazole rings is 1. The van der Waals surface area contributed by atoms with Gasteiger partial charge in [0.1, 0.15) is 0 Å². The molecule has 1 aliphatic rings. The van der Waals surface area contributed by atoms with Crippen molar-refractivity contribution in [3.05, 3.63) is 36.0 Å². The highest BCUT2D eigenvalue weighted by Gasteiger charge is 2.52. The minimum atomic E-state index is -5.94. The standard InChI is InChI=1S/C32H50F3NO9SSi/c1-12-13-25(39-9)15-14-24(8)16-28(45-47(21(2)3,22(4)5)23(6)7)27-17-26(40-10)18-31(41-11,43-27)19-29-36-30(20-42-29)44-46(37,38)32(33,34)35/h1,14-16,20-23,25-28H,13,17-19H2,2-11H3/t25-,26-,27-,28-,31+/m1/s1. The molecule has 10 nitrogen and oxygen atoms in total. The normalized spacial score (nSPS) is 23.1. The van der Waals surface area contributed by atoms with E-state index in [1.165, 1.54) is 7.11 Å². The zero-order valence-electron chi connectivity index (χ0n) is 28.9. The van der Waals surface area contributed by atoms with E-state index < -0.39 is 47.8 Å². The van der Waals surface area contributed by atoms with Crippen LogP contribution in [0.1, 0.15) is 73.6 Å². The SMILES string of the molecule is C#CC[C@H](C=CC(C)=C[C@@H](O[Si](C(C)C)(C(C)C)C(C)C)[C@H]1C[C@@H](OC)C[C@](Cc2nc(OS(=O)(=O)C(F)(F)F)co2)(OC)O1)OC. The Morgan fingerprint density at radius 2 is 1.79 bits per heavy atom. The molecule has 47 heavy (non-hydrogen) atoms. The summed E-state index contributed by atoms with van der Waals surface area (Å²) in [5, 5.41) is 0. The Bertz CT molecular complexity index is 1330. The first-order valence-corrected chi connectivity index (χ1v) is 19.1. The van der Waals surface area contributed by atoms with Crippen molar-refractivity contribution in [3.63, 3.8) is 0 Å². The lowest BCUT2D eigenvalue weighted by molar-refractivity contribution is -0.297. The molecule has 268 valence electrons. The van der Waals surface area contributed by atoms with E-state index >= 15 is 0 Å². The van der Waals surface area contributed by atoms with Gasteiger partial charge < -0.3 is 32.0 Å². The van der Waals surface area contributed by atoms with Crippen molar-refractivity contribution < 1.29 is 53.6 Å². The number of terminal acetylenes is 1. The highest BCUT2D eigenvalue weighted by Crippen LogP contribution is 2.45. The maximum absolute atomic E-state index is 12.9. The molecule has 1 fully saturated rings. The molecule has 0 radical (unpaired) electrons. The number of ether oxygens (including phenoxy) is 4. The molecule has 0 spiro atoms. The smallest absolute Gasteiger partial charge is 0.445 e. The summed E-state index contributed by atoms with van der Waals surface area (Å²) in [5.74, 6) is 0.164. The average molecular weight is 710 g/mol. The van der Waals surface area contributed by atoms with Crippen molar-refractivity contribution in [3.8, 4) is 18.2 Å². The monoisotopic (exact) mass is 709 g/mol. The maximum Gasteiger partial charge on any atom is 0.534 e. The topological polar surface area (TPSA) is 116 Å². The quantitative estimate of drug-likeness (QED) is 0.0546. The Labute approximate surface area is 278 Å². The van der Waals surface area contributed by atoms with Crippen LogP contribution in [-0.4, -0.2) is 78.8 Å². The van der Waals surface area contributed by atoms with Gasteiger partial charge in [-0.3, -0.25) is 0 Å². The van der Waals surface area contributed by atoms with Crippen LogP contribution in [0.3, 0.4) is 0 Å². The summed E-state index contributed by atoms with van der Waals surface area (Å²) in [5.41, 5.74) is -3.96. The van der Waals surface area contributed by atoms with Crippen LogP contribution in [-0.2, 0) is 39.9 Å². The molecule has 2 rings (SSSR count). The number of aromatic nitrogens is 1. The number of alkyl halides is 3. The van der Waals surface area contributed by atoms with Crippen LogP contribution in [0, 0.1) is 12.3 Å². The molecule has 0 aromatic carbocycles. The zero-order chi connectivity index (χ0) is 35.8. The van der Waals surface area contributed by atoms with E-state index in [0.29, 0.717) is 19.1 Å². The van der Waals surface area contributed by atoms with Crippen LogP contribution in [0.2, 0.25) is 16.6 Å². The van der Waals surface area contributed by atoms with Crippen molar-refractivity contribution >= 4 is 18.4 Å². The van der Waals surface area contributed by atoms with Gasteiger partial charge in [0.25, 0.3) is 5.88 Å². The number of halogens is 3. The second-order valence-electron chi connectivity index (χ2n) is 12.7. The third kappa shape index (κ3) is 10.4. The van der Waals surface area contributed by atoms with E-state index in [2.05, 4.69) is 56.6 Å². The average Bonchev–Trinajstić information content (AvgIpc) is 3.41. The fourth-order valence-electron chi connectivity index (χ4n) is 6.34. The molecule has 1 aromatic rings. The van der Waals surface area contributed by atoms with Crippen molar-refractivity contribution in [2.24, 2.45) is 0 Å². The molecular weight excluding hydrogens is 659 g/mol. The zero-order valence-corrected chi connectivity index (χ0v) is 30.7. The van der Waals surface area contributed by atoms with Gasteiger partial charge in [0.2, 0.25) is 14.2 Å². The number of hydrogen-bond donors (Lipinski definition) is 0. The van der Waals surface area contributed by atoms with Crippen LogP contribution in [0.4, 0.5) is 13.2 Å². The van der Waals surface area contributed by atoms with E-state index in [1.54, 1.807) is 14.2 Å². The van der Waals surface area contributed by atoms with Gasteiger partial charge >= 0.3 is 15.6 Å². The summed E-state index contributed by atoms with van der Waals surface area (Å²) in [7, 11) is -3.83. The number of rotatable bonds is 17. The van der Waals surface area contributed by atoms with Crippen LogP contribution in [0.5, 0.6) is 5.88 Å². The van der Waals surface area contributed by atoms with Gasteiger partial charge in [-0.2, -0.15) is 26.6 Å². The molecule has 0 unspecified atom stereocenters. The third-order valence-corrected chi connectivity index (χ3v) is 15.6. The molecule has 15 heteroatoms. The predicted molar refractivity (Wildman–Crippen MR) is 174 cm³/mol. The van der Waals surface area contributed by atoms with Crippen LogP contribution in [0.15, 0.2) is 34.5 Å². The number of allylic oxidation sites excluding steroid dienone is 2. The molecule has 1 saturated heterocycles. The predicted octanol–water partition coefficient (Wildman–Crippen LogP) is 7.08. The van der Waals surface area contributed by atoms with E-state index in [0.717, 1.165) is 5.57 Å². The molecule has 0 bridgehead atoms. The van der Waals surface area contributed by atoms with E-state index in [9.17, 15) is 21.6 Å². The summed E-state index contributed by atoms with van der Waals surface area (Å²) in [4.78, 5) is 3.82. The highest BCUT2D eigenvalue weighted by molar-refractivity contribution is 7.87. The Hall–Kier alpha value is -2.19. The van der Waals surface area contributed by atoms with E-state index in [4.69, 9.17) is 34.2 Å². The first-order valence-electron chi connectivity index (χ1n) is 15.5. The van der Waals surface area contributed by atoms with Crippen molar-refractivity contribution in [1.29, 1.82) is 0 Å². The molecule has 0 aliphatic carbocycles. The number of hydrogen-bond acceptors (Lipinski definition) is 10. The maximum atomic E-state index is 12.9. The Kier molecular flexibility index (Phi) is 14.8. The number of nitrogens with zero attached hydrogens (tertiary/aromatic N) is 1. The van der Waals surface area contributed by atoms with Crippen LogP contribution < -0.4 is 4.18 Å². The van der Waals surface area contributed by atoms with E-state index in [1.807, 2.05) is 25.2 Å². The molecule has 0 amide bonds. The third-order valence-electron chi connectivity index (χ3n) is 8.57. The number of methoxy groups -OCH3 is 3. The summed E-state index contributed by atoms with van der Waals surface area (Å²) in [6, 6.07) is 0. The minimum Gasteiger partial charge on any atom is -0.445 e. The first-order chi connectivity index (χ1) is 21.8. The van der Waals surface area contributed by atoms with E-state index in [-0.39, 0.29) is 47.6 Å². The largest absolute Gasteiger partial charge is 0.534 e. The Balaban J connectivity index is 2.57. The van der Waals surface area contributed by atoms with Crippen molar-refractivity contribution in [2.45, 2.75) is 126 Å². The summed E-state index contributed by atoms with van der Waals surface area (Å²) >= 11 is 0.